The van der Waals surface area contributed by atoms with Gasteiger partial charge in [-0.25, -0.2) is 0 Å². The number of imide groups is 1. The van der Waals surface area contributed by atoms with Crippen LogP contribution in [-0.2, 0) is 20.8 Å². The maximum Gasteiger partial charge on any atom is 0.243 e. The minimum absolute atomic E-state index is 0.0349. The second-order valence-corrected chi connectivity index (χ2v) is 5.86. The number of carbonyl (C=O) groups excluding carboxylic acids is 3. The van der Waals surface area contributed by atoms with E-state index in [1.165, 1.54) is 5.56 Å². The first-order valence-corrected chi connectivity index (χ1v) is 7.59. The first kappa shape index (κ1) is 14.7. The van der Waals surface area contributed by atoms with Crippen LogP contribution in [0, 0.1) is 0 Å². The van der Waals surface area contributed by atoms with Crippen LogP contribution in [-0.4, -0.2) is 34.7 Å². The van der Waals surface area contributed by atoms with Gasteiger partial charge in [-0.1, -0.05) is 0 Å². The third kappa shape index (κ3) is 3.25. The van der Waals surface area contributed by atoms with E-state index >= 15 is 0 Å². The van der Waals surface area contributed by atoms with Crippen LogP contribution in [0.15, 0.2) is 16.8 Å². The zero-order valence-corrected chi connectivity index (χ0v) is 12.4. The molecule has 5 nitrogen and oxygen atoms in total. The van der Waals surface area contributed by atoms with E-state index in [1.54, 1.807) is 18.3 Å². The lowest BCUT2D eigenvalue weighted by Gasteiger charge is -2.23. The number of likely N-dealkylation sites (tertiary alicyclic amines) is 1. The third-order valence-electron chi connectivity index (χ3n) is 3.37. The number of nitrogens with zero attached hydrogens (tertiary/aromatic N) is 1. The van der Waals surface area contributed by atoms with Crippen molar-refractivity contribution in [2.24, 2.45) is 0 Å². The van der Waals surface area contributed by atoms with Gasteiger partial charge in [-0.2, -0.15) is 11.3 Å². The molecule has 108 valence electrons. The van der Waals surface area contributed by atoms with Crippen molar-refractivity contribution in [2.45, 2.75) is 45.2 Å². The first-order chi connectivity index (χ1) is 9.49. The Morgan fingerprint density at radius 2 is 2.00 bits per heavy atom. The van der Waals surface area contributed by atoms with Crippen LogP contribution in [0.4, 0.5) is 0 Å². The molecule has 0 radical (unpaired) electrons. The summed E-state index contributed by atoms with van der Waals surface area (Å²) in [5.74, 6) is -0.803. The van der Waals surface area contributed by atoms with E-state index in [1.807, 2.05) is 23.8 Å². The molecule has 1 fully saturated rings. The van der Waals surface area contributed by atoms with Gasteiger partial charge in [0.2, 0.25) is 17.7 Å². The highest BCUT2D eigenvalue weighted by Crippen LogP contribution is 2.15. The Morgan fingerprint density at radius 3 is 2.55 bits per heavy atom. The summed E-state index contributed by atoms with van der Waals surface area (Å²) in [6, 6.07) is 1.25. The molecule has 0 aromatic carbocycles. The first-order valence-electron chi connectivity index (χ1n) is 6.65. The predicted octanol–water partition coefficient (Wildman–Crippen LogP) is 1.33. The lowest BCUT2D eigenvalue weighted by molar-refractivity contribution is -0.146. The highest BCUT2D eigenvalue weighted by molar-refractivity contribution is 7.07. The van der Waals surface area contributed by atoms with E-state index in [0.717, 1.165) is 11.3 Å². The summed E-state index contributed by atoms with van der Waals surface area (Å²) in [6.45, 7) is 3.50. The van der Waals surface area contributed by atoms with Gasteiger partial charge in [0.1, 0.15) is 6.04 Å². The normalized spacial score (nSPS) is 18.2. The molecule has 1 aromatic rings. The van der Waals surface area contributed by atoms with Gasteiger partial charge in [-0.3, -0.25) is 19.3 Å². The number of hydrogen-bond acceptors (Lipinski definition) is 4. The molecule has 6 heteroatoms. The van der Waals surface area contributed by atoms with Crippen LogP contribution in [0.25, 0.3) is 0 Å². The van der Waals surface area contributed by atoms with Crippen LogP contribution in [0.1, 0.15) is 32.3 Å². The van der Waals surface area contributed by atoms with Crippen molar-refractivity contribution >= 4 is 29.1 Å². The van der Waals surface area contributed by atoms with Crippen molar-refractivity contribution in [2.75, 3.05) is 0 Å². The van der Waals surface area contributed by atoms with Crippen LogP contribution >= 0.6 is 11.3 Å². The fourth-order valence-electron chi connectivity index (χ4n) is 2.32. The Morgan fingerprint density at radius 1 is 1.35 bits per heavy atom. The van der Waals surface area contributed by atoms with E-state index in [-0.39, 0.29) is 36.6 Å². The Kier molecular flexibility index (Phi) is 4.54. The number of hydrogen-bond donors (Lipinski definition) is 1. The summed E-state index contributed by atoms with van der Waals surface area (Å²) in [6.07, 6.45) is 1.16. The Bertz CT molecular complexity index is 496. The van der Waals surface area contributed by atoms with Crippen molar-refractivity contribution in [1.29, 1.82) is 0 Å². The van der Waals surface area contributed by atoms with Gasteiger partial charge in [0.25, 0.3) is 0 Å². The van der Waals surface area contributed by atoms with Crippen LogP contribution in [0.3, 0.4) is 0 Å². The molecule has 1 aliphatic heterocycles. The topological polar surface area (TPSA) is 66.5 Å². The maximum atomic E-state index is 12.1. The molecule has 3 amide bonds. The van der Waals surface area contributed by atoms with Crippen molar-refractivity contribution in [1.82, 2.24) is 10.2 Å². The fourth-order valence-corrected chi connectivity index (χ4v) is 3.00. The lowest BCUT2D eigenvalue weighted by Crippen LogP contribution is -2.49. The fraction of sp³-hybridized carbons (Fsp3) is 0.500. The van der Waals surface area contributed by atoms with E-state index in [0.29, 0.717) is 0 Å². The summed E-state index contributed by atoms with van der Waals surface area (Å²) in [5.41, 5.74) is 1.17. The quantitative estimate of drug-likeness (QED) is 0.833. The van der Waals surface area contributed by atoms with Gasteiger partial charge in [0, 0.05) is 18.9 Å². The Hall–Kier alpha value is -1.69. The molecule has 0 saturated carbocycles. The molecular weight excluding hydrogens is 276 g/mol. The van der Waals surface area contributed by atoms with Crippen molar-refractivity contribution in [3.05, 3.63) is 22.4 Å². The highest BCUT2D eigenvalue weighted by atomic mass is 32.1. The van der Waals surface area contributed by atoms with E-state index in [4.69, 9.17) is 0 Å². The summed E-state index contributed by atoms with van der Waals surface area (Å²) >= 11 is 1.62. The molecule has 2 unspecified atom stereocenters. The van der Waals surface area contributed by atoms with Crippen LogP contribution in [0.2, 0.25) is 0 Å². The number of nitrogens with one attached hydrogen (secondary N) is 1. The van der Waals surface area contributed by atoms with Gasteiger partial charge >= 0.3 is 0 Å². The molecule has 1 aromatic heterocycles. The average Bonchev–Trinajstić information content (AvgIpc) is 2.99. The smallest absolute Gasteiger partial charge is 0.243 e. The number of rotatable bonds is 5. The van der Waals surface area contributed by atoms with Crippen molar-refractivity contribution < 1.29 is 14.4 Å². The molecule has 2 atom stereocenters. The molecule has 0 spiro atoms. The summed E-state index contributed by atoms with van der Waals surface area (Å²) in [4.78, 5) is 36.4. The zero-order chi connectivity index (χ0) is 14.7. The Labute approximate surface area is 122 Å². The molecule has 0 aliphatic carbocycles. The van der Waals surface area contributed by atoms with Gasteiger partial charge in [0.15, 0.2) is 0 Å². The summed E-state index contributed by atoms with van der Waals surface area (Å²) in [5, 5.41) is 6.89. The number of carbonyl (C=O) groups is 3. The van der Waals surface area contributed by atoms with Crippen LogP contribution < -0.4 is 5.32 Å². The van der Waals surface area contributed by atoms with Crippen LogP contribution in [0.5, 0.6) is 0 Å². The van der Waals surface area contributed by atoms with E-state index < -0.39 is 6.04 Å². The second-order valence-electron chi connectivity index (χ2n) is 5.08. The van der Waals surface area contributed by atoms with Gasteiger partial charge < -0.3 is 5.32 Å². The minimum atomic E-state index is -0.734. The highest BCUT2D eigenvalue weighted by Gasteiger charge is 2.36. The minimum Gasteiger partial charge on any atom is -0.352 e. The maximum absolute atomic E-state index is 12.1. The van der Waals surface area contributed by atoms with Gasteiger partial charge in [-0.15, -0.1) is 0 Å². The standard InChI is InChI=1S/C14H18N2O3S/c1-9(7-11-5-6-20-8-11)15-14(19)10(2)16-12(17)3-4-13(16)18/h5-6,8-10H,3-4,7H2,1-2H3,(H,15,19). The average molecular weight is 294 g/mol. The van der Waals surface area contributed by atoms with E-state index in [9.17, 15) is 14.4 Å². The molecule has 1 aliphatic rings. The van der Waals surface area contributed by atoms with Crippen molar-refractivity contribution in [3.63, 3.8) is 0 Å². The SMILES string of the molecule is CC(Cc1ccsc1)NC(=O)C(C)N1C(=O)CCC1=O. The monoisotopic (exact) mass is 294 g/mol. The molecule has 20 heavy (non-hydrogen) atoms. The summed E-state index contributed by atoms with van der Waals surface area (Å²) < 4.78 is 0. The zero-order valence-electron chi connectivity index (χ0n) is 11.6. The number of amides is 3. The Balaban J connectivity index is 1.90. The third-order valence-corrected chi connectivity index (χ3v) is 4.10. The van der Waals surface area contributed by atoms with Crippen molar-refractivity contribution in [3.8, 4) is 0 Å². The van der Waals surface area contributed by atoms with Gasteiger partial charge in [-0.05, 0) is 42.7 Å². The number of thiophene rings is 1. The van der Waals surface area contributed by atoms with Gasteiger partial charge in [0.05, 0.1) is 0 Å². The summed E-state index contributed by atoms with van der Waals surface area (Å²) in [7, 11) is 0. The lowest BCUT2D eigenvalue weighted by atomic mass is 10.1. The molecule has 2 rings (SSSR count). The predicted molar refractivity (Wildman–Crippen MR) is 76.2 cm³/mol. The molecule has 2 heterocycles. The molecule has 0 bridgehead atoms. The molecule has 1 N–H and O–H groups in total. The molecule has 1 saturated heterocycles. The second kappa shape index (κ2) is 6.17. The largest absolute Gasteiger partial charge is 0.352 e. The molecular formula is C14H18N2O3S. The van der Waals surface area contributed by atoms with E-state index in [2.05, 4.69) is 5.32 Å².